The van der Waals surface area contributed by atoms with Crippen LogP contribution in [0.1, 0.15) is 12.0 Å². The molecule has 0 saturated heterocycles. The largest absolute Gasteiger partial charge is 0.469 e. The average Bonchev–Trinajstić information content (AvgIpc) is 2.50. The van der Waals surface area contributed by atoms with Crippen LogP contribution in [0.3, 0.4) is 0 Å². The number of benzene rings is 1. The van der Waals surface area contributed by atoms with Gasteiger partial charge in [0.25, 0.3) is 5.69 Å². The zero-order valence-corrected chi connectivity index (χ0v) is 12.3. The maximum atomic E-state index is 11.2. The first-order valence-electron chi connectivity index (χ1n) is 6.58. The van der Waals surface area contributed by atoms with Crippen molar-refractivity contribution >= 4 is 11.7 Å². The van der Waals surface area contributed by atoms with Gasteiger partial charge >= 0.3 is 5.97 Å². The lowest BCUT2D eigenvalue weighted by Crippen LogP contribution is -2.29. The van der Waals surface area contributed by atoms with E-state index in [2.05, 4.69) is 4.74 Å². The van der Waals surface area contributed by atoms with Gasteiger partial charge in [0.1, 0.15) is 0 Å². The van der Waals surface area contributed by atoms with Crippen LogP contribution < -0.4 is 0 Å². The summed E-state index contributed by atoms with van der Waals surface area (Å²) in [6.45, 7) is 2.37. The summed E-state index contributed by atoms with van der Waals surface area (Å²) in [5.41, 5.74) is 1.01. The molecule has 0 bridgehead atoms. The average molecular weight is 296 g/mol. The second-order valence-electron chi connectivity index (χ2n) is 4.52. The molecule has 0 N–H and O–H groups in total. The first-order valence-corrected chi connectivity index (χ1v) is 6.58. The van der Waals surface area contributed by atoms with Gasteiger partial charge in [-0.15, -0.1) is 0 Å². The van der Waals surface area contributed by atoms with Crippen molar-refractivity contribution in [3.05, 3.63) is 39.9 Å². The van der Waals surface area contributed by atoms with E-state index in [-0.39, 0.29) is 11.7 Å². The monoisotopic (exact) mass is 296 g/mol. The number of non-ortho nitro benzene ring substituents is 1. The molecule has 0 heterocycles. The fourth-order valence-electron chi connectivity index (χ4n) is 1.82. The van der Waals surface area contributed by atoms with Crippen LogP contribution in [-0.4, -0.2) is 49.7 Å². The molecule has 0 fully saturated rings. The second-order valence-corrected chi connectivity index (χ2v) is 4.52. The number of ether oxygens (including phenoxy) is 2. The normalized spacial score (nSPS) is 10.6. The fourth-order valence-corrected chi connectivity index (χ4v) is 1.82. The van der Waals surface area contributed by atoms with Crippen molar-refractivity contribution in [2.45, 2.75) is 13.0 Å². The summed E-state index contributed by atoms with van der Waals surface area (Å²) in [7, 11) is 2.97. The zero-order chi connectivity index (χ0) is 15.7. The molecule has 1 aromatic rings. The Hall–Kier alpha value is -1.99. The molecule has 0 atom stereocenters. The Balaban J connectivity index is 2.61. The number of methoxy groups -OCH3 is 2. The van der Waals surface area contributed by atoms with E-state index in [1.165, 1.54) is 19.2 Å². The van der Waals surface area contributed by atoms with E-state index in [4.69, 9.17) is 4.74 Å². The van der Waals surface area contributed by atoms with Crippen molar-refractivity contribution in [3.63, 3.8) is 0 Å². The van der Waals surface area contributed by atoms with Gasteiger partial charge in [0.05, 0.1) is 25.1 Å². The van der Waals surface area contributed by atoms with Crippen molar-refractivity contribution in [1.29, 1.82) is 0 Å². The number of hydrogen-bond donors (Lipinski definition) is 0. The highest BCUT2D eigenvalue weighted by molar-refractivity contribution is 5.69. The molecule has 0 aliphatic rings. The minimum absolute atomic E-state index is 0.0664. The zero-order valence-electron chi connectivity index (χ0n) is 12.3. The molecular formula is C14H20N2O5. The van der Waals surface area contributed by atoms with E-state index in [0.717, 1.165) is 5.56 Å². The van der Waals surface area contributed by atoms with Gasteiger partial charge in [0.2, 0.25) is 0 Å². The fraction of sp³-hybridized carbons (Fsp3) is 0.500. The summed E-state index contributed by atoms with van der Waals surface area (Å²) < 4.78 is 9.67. The molecule has 0 saturated carbocycles. The number of esters is 1. The van der Waals surface area contributed by atoms with Crippen LogP contribution in [0.4, 0.5) is 5.69 Å². The van der Waals surface area contributed by atoms with Crippen LogP contribution in [0.25, 0.3) is 0 Å². The summed E-state index contributed by atoms with van der Waals surface area (Å²) in [6.07, 6.45) is 0.299. The van der Waals surface area contributed by atoms with E-state index in [0.29, 0.717) is 32.7 Å². The molecule has 116 valence electrons. The topological polar surface area (TPSA) is 81.9 Å². The van der Waals surface area contributed by atoms with Gasteiger partial charge in [-0.25, -0.2) is 0 Å². The van der Waals surface area contributed by atoms with Crippen molar-refractivity contribution in [2.24, 2.45) is 0 Å². The molecule has 7 heteroatoms. The van der Waals surface area contributed by atoms with Crippen molar-refractivity contribution in [2.75, 3.05) is 33.9 Å². The smallest absolute Gasteiger partial charge is 0.306 e. The summed E-state index contributed by atoms with van der Waals surface area (Å²) in [5, 5.41) is 10.6. The molecule has 0 radical (unpaired) electrons. The van der Waals surface area contributed by atoms with E-state index in [1.807, 2.05) is 4.90 Å². The third kappa shape index (κ3) is 6.33. The van der Waals surface area contributed by atoms with Crippen LogP contribution in [0.15, 0.2) is 24.3 Å². The molecule has 0 amide bonds. The third-order valence-electron chi connectivity index (χ3n) is 3.02. The molecule has 0 spiro atoms. The van der Waals surface area contributed by atoms with E-state index in [9.17, 15) is 14.9 Å². The minimum Gasteiger partial charge on any atom is -0.469 e. The van der Waals surface area contributed by atoms with Crippen LogP contribution in [0.2, 0.25) is 0 Å². The molecule has 1 aromatic carbocycles. The molecule has 21 heavy (non-hydrogen) atoms. The lowest BCUT2D eigenvalue weighted by molar-refractivity contribution is -0.384. The Morgan fingerprint density at radius 2 is 1.90 bits per heavy atom. The Bertz CT molecular complexity index is 461. The second kappa shape index (κ2) is 9.04. The highest BCUT2D eigenvalue weighted by Crippen LogP contribution is 2.13. The first kappa shape index (κ1) is 17.1. The predicted molar refractivity (Wildman–Crippen MR) is 76.9 cm³/mol. The van der Waals surface area contributed by atoms with E-state index < -0.39 is 4.92 Å². The minimum atomic E-state index is -0.427. The van der Waals surface area contributed by atoms with Gasteiger partial charge in [-0.1, -0.05) is 12.1 Å². The van der Waals surface area contributed by atoms with Crippen LogP contribution >= 0.6 is 0 Å². The molecule has 7 nitrogen and oxygen atoms in total. The number of carbonyl (C=O) groups excluding carboxylic acids is 1. The number of rotatable bonds is 9. The first-order chi connectivity index (χ1) is 10.1. The SMILES string of the molecule is COCCN(CCC(=O)OC)Cc1ccc([N+](=O)[O-])cc1. The Morgan fingerprint density at radius 3 is 2.43 bits per heavy atom. The highest BCUT2D eigenvalue weighted by atomic mass is 16.6. The summed E-state index contributed by atoms with van der Waals surface area (Å²) in [4.78, 5) is 23.4. The Morgan fingerprint density at radius 1 is 1.24 bits per heavy atom. The van der Waals surface area contributed by atoms with E-state index in [1.54, 1.807) is 19.2 Å². The van der Waals surface area contributed by atoms with Crippen LogP contribution in [-0.2, 0) is 20.8 Å². The maximum Gasteiger partial charge on any atom is 0.306 e. The van der Waals surface area contributed by atoms with Crippen LogP contribution in [0.5, 0.6) is 0 Å². The molecule has 0 aromatic heterocycles. The summed E-state index contributed by atoms with van der Waals surface area (Å²) in [6, 6.07) is 6.39. The molecule has 0 aliphatic carbocycles. The predicted octanol–water partition coefficient (Wildman–Crippen LogP) is 1.61. The van der Waals surface area contributed by atoms with Crippen LogP contribution in [0, 0.1) is 10.1 Å². The lowest BCUT2D eigenvalue weighted by Gasteiger charge is -2.21. The number of nitro benzene ring substituents is 1. The Labute approximate surface area is 123 Å². The van der Waals surface area contributed by atoms with Crippen molar-refractivity contribution in [3.8, 4) is 0 Å². The Kier molecular flexibility index (Phi) is 7.34. The lowest BCUT2D eigenvalue weighted by atomic mass is 10.2. The number of nitrogens with zero attached hydrogens (tertiary/aromatic N) is 2. The number of carbonyl (C=O) groups is 1. The van der Waals surface area contributed by atoms with Gasteiger partial charge in [0.15, 0.2) is 0 Å². The molecule has 0 aliphatic heterocycles. The van der Waals surface area contributed by atoms with Gasteiger partial charge < -0.3 is 9.47 Å². The highest BCUT2D eigenvalue weighted by Gasteiger charge is 2.10. The van der Waals surface area contributed by atoms with Gasteiger partial charge in [-0.2, -0.15) is 0 Å². The third-order valence-corrected chi connectivity index (χ3v) is 3.02. The molecular weight excluding hydrogens is 276 g/mol. The van der Waals surface area contributed by atoms with Crippen molar-refractivity contribution < 1.29 is 19.2 Å². The summed E-state index contributed by atoms with van der Waals surface area (Å²) >= 11 is 0. The number of nitro groups is 1. The quantitative estimate of drug-likeness (QED) is 0.391. The van der Waals surface area contributed by atoms with E-state index >= 15 is 0 Å². The van der Waals surface area contributed by atoms with Gasteiger partial charge in [-0.05, 0) is 5.56 Å². The molecule has 1 rings (SSSR count). The number of hydrogen-bond acceptors (Lipinski definition) is 6. The standard InChI is InChI=1S/C14H20N2O5/c1-20-10-9-15(8-7-14(17)21-2)11-12-3-5-13(6-4-12)16(18)19/h3-6H,7-11H2,1-2H3. The summed E-state index contributed by atoms with van der Waals surface area (Å²) in [5.74, 6) is -0.263. The van der Waals surface area contributed by atoms with Gasteiger partial charge in [-0.3, -0.25) is 19.8 Å². The molecule has 0 unspecified atom stereocenters. The maximum absolute atomic E-state index is 11.2. The van der Waals surface area contributed by atoms with Gasteiger partial charge in [0, 0.05) is 38.9 Å². The van der Waals surface area contributed by atoms with Crippen molar-refractivity contribution in [1.82, 2.24) is 4.90 Å².